The number of aromatic amines is 1. The molecule has 0 saturated carbocycles. The topological polar surface area (TPSA) is 102 Å². The SMILES string of the molecule is O=C(NO)[C@H](Cc1c[nH]c2ccccc12)N1C(=O)c2ccccc2C1=O. The van der Waals surface area contributed by atoms with Crippen molar-refractivity contribution in [1.82, 2.24) is 15.4 Å². The van der Waals surface area contributed by atoms with Crippen LogP contribution in [0, 0.1) is 0 Å². The average molecular weight is 349 g/mol. The minimum atomic E-state index is -1.16. The van der Waals surface area contributed by atoms with E-state index in [1.165, 1.54) is 0 Å². The number of fused-ring (bicyclic) bond motifs is 2. The summed E-state index contributed by atoms with van der Waals surface area (Å²) in [6.45, 7) is 0. The van der Waals surface area contributed by atoms with Crippen molar-refractivity contribution >= 4 is 28.6 Å². The van der Waals surface area contributed by atoms with E-state index in [-0.39, 0.29) is 17.5 Å². The normalized spacial score (nSPS) is 14.6. The van der Waals surface area contributed by atoms with Crippen molar-refractivity contribution in [2.75, 3.05) is 0 Å². The minimum absolute atomic E-state index is 0.0852. The Balaban J connectivity index is 1.74. The highest BCUT2D eigenvalue weighted by Crippen LogP contribution is 2.27. The Morgan fingerprint density at radius 3 is 2.31 bits per heavy atom. The van der Waals surface area contributed by atoms with Gasteiger partial charge >= 0.3 is 0 Å². The molecule has 1 aliphatic heterocycles. The molecule has 0 bridgehead atoms. The lowest BCUT2D eigenvalue weighted by atomic mass is 10.0. The summed E-state index contributed by atoms with van der Waals surface area (Å²) in [5.41, 5.74) is 3.74. The Bertz CT molecular complexity index is 1000. The van der Waals surface area contributed by atoms with E-state index in [1.54, 1.807) is 35.9 Å². The first kappa shape index (κ1) is 16.0. The Kier molecular flexibility index (Phi) is 3.78. The van der Waals surface area contributed by atoms with Gasteiger partial charge in [0, 0.05) is 23.5 Å². The fraction of sp³-hybridized carbons (Fsp3) is 0.105. The predicted molar refractivity (Wildman–Crippen MR) is 92.7 cm³/mol. The van der Waals surface area contributed by atoms with E-state index < -0.39 is 23.8 Å². The van der Waals surface area contributed by atoms with Crippen LogP contribution in [0.1, 0.15) is 26.3 Å². The van der Waals surface area contributed by atoms with E-state index in [0.717, 1.165) is 21.4 Å². The number of aromatic nitrogens is 1. The minimum Gasteiger partial charge on any atom is -0.361 e. The van der Waals surface area contributed by atoms with Gasteiger partial charge in [-0.2, -0.15) is 0 Å². The molecule has 1 atom stereocenters. The Morgan fingerprint density at radius 1 is 1.04 bits per heavy atom. The van der Waals surface area contributed by atoms with Crippen LogP contribution in [0.25, 0.3) is 10.9 Å². The number of benzene rings is 2. The Labute approximate surface area is 148 Å². The number of hydroxylamine groups is 1. The zero-order chi connectivity index (χ0) is 18.3. The summed E-state index contributed by atoms with van der Waals surface area (Å²) in [7, 11) is 0. The number of carbonyl (C=O) groups is 3. The van der Waals surface area contributed by atoms with Gasteiger partial charge in [-0.25, -0.2) is 5.48 Å². The lowest BCUT2D eigenvalue weighted by Gasteiger charge is -2.24. The van der Waals surface area contributed by atoms with E-state index in [9.17, 15) is 14.4 Å². The molecule has 0 saturated heterocycles. The van der Waals surface area contributed by atoms with Crippen LogP contribution in [-0.4, -0.2) is 38.9 Å². The largest absolute Gasteiger partial charge is 0.361 e. The first-order valence-corrected chi connectivity index (χ1v) is 8.07. The molecule has 4 rings (SSSR count). The van der Waals surface area contributed by atoms with Crippen molar-refractivity contribution in [3.05, 3.63) is 71.4 Å². The molecule has 2 heterocycles. The second-order valence-electron chi connectivity index (χ2n) is 6.08. The number of carbonyl (C=O) groups excluding carboxylic acids is 3. The highest BCUT2D eigenvalue weighted by molar-refractivity contribution is 6.22. The average Bonchev–Trinajstić information content (AvgIpc) is 3.19. The molecule has 7 nitrogen and oxygen atoms in total. The van der Waals surface area contributed by atoms with Gasteiger partial charge in [-0.3, -0.25) is 24.5 Å². The van der Waals surface area contributed by atoms with E-state index in [2.05, 4.69) is 4.98 Å². The highest BCUT2D eigenvalue weighted by Gasteiger charge is 2.42. The number of rotatable bonds is 4. The second-order valence-corrected chi connectivity index (χ2v) is 6.08. The molecule has 0 spiro atoms. The van der Waals surface area contributed by atoms with Crippen molar-refractivity contribution in [2.24, 2.45) is 0 Å². The van der Waals surface area contributed by atoms with Crippen LogP contribution < -0.4 is 5.48 Å². The molecule has 3 N–H and O–H groups in total. The summed E-state index contributed by atoms with van der Waals surface area (Å²) < 4.78 is 0. The van der Waals surface area contributed by atoms with E-state index >= 15 is 0 Å². The van der Waals surface area contributed by atoms with Gasteiger partial charge in [-0.15, -0.1) is 0 Å². The van der Waals surface area contributed by atoms with Gasteiger partial charge < -0.3 is 4.98 Å². The summed E-state index contributed by atoms with van der Waals surface area (Å²) in [5, 5.41) is 10.0. The number of hydrogen-bond donors (Lipinski definition) is 3. The molecule has 0 fully saturated rings. The molecule has 0 unspecified atom stereocenters. The summed E-state index contributed by atoms with van der Waals surface area (Å²) in [4.78, 5) is 41.7. The molecule has 1 aliphatic rings. The van der Waals surface area contributed by atoms with E-state index in [4.69, 9.17) is 5.21 Å². The molecule has 2 aromatic carbocycles. The highest BCUT2D eigenvalue weighted by atomic mass is 16.5. The molecule has 3 aromatic rings. The summed E-state index contributed by atoms with van der Waals surface area (Å²) in [5.74, 6) is -1.90. The van der Waals surface area contributed by atoms with E-state index in [0.29, 0.717) is 0 Å². The Hall–Kier alpha value is -3.45. The zero-order valence-electron chi connectivity index (χ0n) is 13.6. The number of amides is 3. The third kappa shape index (κ3) is 2.37. The van der Waals surface area contributed by atoms with Gasteiger partial charge in [-0.05, 0) is 23.8 Å². The molecule has 1 aromatic heterocycles. The van der Waals surface area contributed by atoms with Crippen LogP contribution in [-0.2, 0) is 11.2 Å². The van der Waals surface area contributed by atoms with Crippen molar-refractivity contribution in [2.45, 2.75) is 12.5 Å². The Morgan fingerprint density at radius 2 is 1.65 bits per heavy atom. The first-order chi connectivity index (χ1) is 12.6. The van der Waals surface area contributed by atoms with Gasteiger partial charge in [0.2, 0.25) is 0 Å². The van der Waals surface area contributed by atoms with Crippen molar-refractivity contribution in [3.63, 3.8) is 0 Å². The van der Waals surface area contributed by atoms with Crippen LogP contribution in [0.3, 0.4) is 0 Å². The molecule has 7 heteroatoms. The smallest absolute Gasteiger partial charge is 0.266 e. The van der Waals surface area contributed by atoms with Gasteiger partial charge in [0.25, 0.3) is 17.7 Å². The molecule has 0 aliphatic carbocycles. The summed E-state index contributed by atoms with van der Waals surface area (Å²) in [6, 6.07) is 12.8. The predicted octanol–water partition coefficient (Wildman–Crippen LogP) is 1.88. The van der Waals surface area contributed by atoms with Gasteiger partial charge in [-0.1, -0.05) is 30.3 Å². The monoisotopic (exact) mass is 349 g/mol. The maximum Gasteiger partial charge on any atom is 0.266 e. The standard InChI is InChI=1S/C19H15N3O4/c23-17(21-26)16(9-11-10-20-15-8-4-3-5-12(11)15)22-18(24)13-6-1-2-7-14(13)19(22)25/h1-8,10,16,20,26H,9H2,(H,21,23)/t16-/m0/s1. The third-order valence-electron chi connectivity index (χ3n) is 4.64. The molecular formula is C19H15N3O4. The van der Waals surface area contributed by atoms with Crippen LogP contribution in [0.15, 0.2) is 54.7 Å². The maximum absolute atomic E-state index is 12.7. The quantitative estimate of drug-likeness (QED) is 0.380. The van der Waals surface area contributed by atoms with Gasteiger partial charge in [0.1, 0.15) is 6.04 Å². The first-order valence-electron chi connectivity index (χ1n) is 8.07. The lowest BCUT2D eigenvalue weighted by Crippen LogP contribution is -2.50. The molecular weight excluding hydrogens is 334 g/mol. The maximum atomic E-state index is 12.7. The molecule has 0 radical (unpaired) electrons. The fourth-order valence-corrected chi connectivity index (χ4v) is 3.38. The van der Waals surface area contributed by atoms with Gasteiger partial charge in [0.05, 0.1) is 11.1 Å². The number of hydrogen-bond acceptors (Lipinski definition) is 4. The van der Waals surface area contributed by atoms with Crippen LogP contribution in [0.2, 0.25) is 0 Å². The zero-order valence-corrected chi connectivity index (χ0v) is 13.6. The summed E-state index contributed by atoms with van der Waals surface area (Å²) in [6.07, 6.45) is 1.82. The molecule has 130 valence electrons. The second kappa shape index (κ2) is 6.12. The lowest BCUT2D eigenvalue weighted by molar-refractivity contribution is -0.133. The number of H-pyrrole nitrogens is 1. The molecule has 3 amide bonds. The van der Waals surface area contributed by atoms with Crippen molar-refractivity contribution in [3.8, 4) is 0 Å². The van der Waals surface area contributed by atoms with Crippen LogP contribution in [0.5, 0.6) is 0 Å². The number of para-hydroxylation sites is 1. The van der Waals surface area contributed by atoms with Crippen LogP contribution in [0.4, 0.5) is 0 Å². The van der Waals surface area contributed by atoms with Crippen LogP contribution >= 0.6 is 0 Å². The van der Waals surface area contributed by atoms with Gasteiger partial charge in [0.15, 0.2) is 0 Å². The van der Waals surface area contributed by atoms with E-state index in [1.807, 2.05) is 24.3 Å². The van der Waals surface area contributed by atoms with Crippen molar-refractivity contribution < 1.29 is 19.6 Å². The summed E-state index contributed by atoms with van der Waals surface area (Å²) >= 11 is 0. The molecule has 26 heavy (non-hydrogen) atoms. The third-order valence-corrected chi connectivity index (χ3v) is 4.64. The number of nitrogens with zero attached hydrogens (tertiary/aromatic N) is 1. The fourth-order valence-electron chi connectivity index (χ4n) is 3.38. The number of imide groups is 1. The van der Waals surface area contributed by atoms with Crippen molar-refractivity contribution in [1.29, 1.82) is 0 Å². The number of nitrogens with one attached hydrogen (secondary N) is 2.